The topological polar surface area (TPSA) is 69.6 Å². The molecule has 16 heavy (non-hydrogen) atoms. The van der Waals surface area contributed by atoms with Gasteiger partial charge >= 0.3 is 0 Å². The Balaban J connectivity index is 2.53. The summed E-state index contributed by atoms with van der Waals surface area (Å²) in [4.78, 5) is 11.6. The van der Waals surface area contributed by atoms with Crippen molar-refractivity contribution in [2.45, 2.75) is 19.8 Å². The van der Waals surface area contributed by atoms with Crippen molar-refractivity contribution in [1.29, 1.82) is 0 Å². The molecule has 3 N–H and O–H groups in total. The second kappa shape index (κ2) is 6.12. The van der Waals surface area contributed by atoms with Crippen LogP contribution in [-0.2, 0) is 0 Å². The normalized spacial score (nSPS) is 10.1. The Bertz CT molecular complexity index is 363. The van der Waals surface area contributed by atoms with E-state index in [9.17, 15) is 9.90 Å². The van der Waals surface area contributed by atoms with Crippen molar-refractivity contribution >= 4 is 5.91 Å². The lowest BCUT2D eigenvalue weighted by Crippen LogP contribution is -2.24. The zero-order valence-corrected chi connectivity index (χ0v) is 9.36. The molecule has 1 amide bonds. The first kappa shape index (κ1) is 12.5. The highest BCUT2D eigenvalue weighted by atomic mass is 16.3. The first-order valence-electron chi connectivity index (χ1n) is 5.34. The van der Waals surface area contributed by atoms with Crippen LogP contribution in [0.1, 0.15) is 28.8 Å². The van der Waals surface area contributed by atoms with Gasteiger partial charge in [0.15, 0.2) is 0 Å². The lowest BCUT2D eigenvalue weighted by molar-refractivity contribution is 0.0949. The fourth-order valence-electron chi connectivity index (χ4n) is 1.37. The minimum atomic E-state index is -0.282. The number of aliphatic hydroxyl groups excluding tert-OH is 1. The third kappa shape index (κ3) is 3.55. The van der Waals surface area contributed by atoms with Crippen LogP contribution < -0.4 is 5.32 Å². The van der Waals surface area contributed by atoms with Crippen molar-refractivity contribution in [3.63, 3.8) is 0 Å². The van der Waals surface area contributed by atoms with Crippen molar-refractivity contribution in [3.8, 4) is 5.75 Å². The lowest BCUT2D eigenvalue weighted by Gasteiger charge is -2.06. The van der Waals surface area contributed by atoms with E-state index in [-0.39, 0.29) is 23.8 Å². The predicted molar refractivity (Wildman–Crippen MR) is 61.5 cm³/mol. The molecule has 0 aliphatic rings. The van der Waals surface area contributed by atoms with Gasteiger partial charge < -0.3 is 15.5 Å². The van der Waals surface area contributed by atoms with Gasteiger partial charge in [-0.25, -0.2) is 0 Å². The highest BCUT2D eigenvalue weighted by Crippen LogP contribution is 2.17. The summed E-state index contributed by atoms with van der Waals surface area (Å²) in [7, 11) is 0. The van der Waals surface area contributed by atoms with Crippen LogP contribution >= 0.6 is 0 Å². The van der Waals surface area contributed by atoms with Gasteiger partial charge in [-0.2, -0.15) is 0 Å². The number of carbonyl (C=O) groups excluding carboxylic acids is 1. The van der Waals surface area contributed by atoms with Gasteiger partial charge in [-0.1, -0.05) is 6.07 Å². The summed E-state index contributed by atoms with van der Waals surface area (Å²) >= 11 is 0. The minimum absolute atomic E-state index is 0.000316. The number of hydrogen-bond acceptors (Lipinski definition) is 3. The van der Waals surface area contributed by atoms with Crippen molar-refractivity contribution in [1.82, 2.24) is 5.32 Å². The van der Waals surface area contributed by atoms with E-state index in [2.05, 4.69) is 5.32 Å². The molecule has 0 bridgehead atoms. The number of amides is 1. The van der Waals surface area contributed by atoms with Crippen molar-refractivity contribution in [3.05, 3.63) is 29.3 Å². The molecule has 4 heteroatoms. The number of aliphatic hydroxyl groups is 1. The van der Waals surface area contributed by atoms with Gasteiger partial charge in [-0.15, -0.1) is 0 Å². The average molecular weight is 223 g/mol. The SMILES string of the molecule is Cc1ccc(C(=O)NCCCCO)c(O)c1. The van der Waals surface area contributed by atoms with E-state index in [0.29, 0.717) is 13.0 Å². The fourth-order valence-corrected chi connectivity index (χ4v) is 1.37. The Hall–Kier alpha value is -1.55. The van der Waals surface area contributed by atoms with Crippen LogP contribution in [0.2, 0.25) is 0 Å². The Morgan fingerprint density at radius 2 is 2.12 bits per heavy atom. The maximum atomic E-state index is 11.6. The zero-order chi connectivity index (χ0) is 12.0. The van der Waals surface area contributed by atoms with Gasteiger partial charge in [0, 0.05) is 13.2 Å². The summed E-state index contributed by atoms with van der Waals surface area (Å²) in [5, 5.41) is 20.8. The Morgan fingerprint density at radius 3 is 2.75 bits per heavy atom. The van der Waals surface area contributed by atoms with Crippen LogP contribution in [0.25, 0.3) is 0 Å². The largest absolute Gasteiger partial charge is 0.507 e. The standard InChI is InChI=1S/C12H17NO3/c1-9-4-5-10(11(15)8-9)12(16)13-6-2-3-7-14/h4-5,8,14-15H,2-3,6-7H2,1H3,(H,13,16). The summed E-state index contributed by atoms with van der Waals surface area (Å²) in [6.45, 7) is 2.49. The highest BCUT2D eigenvalue weighted by Gasteiger charge is 2.09. The lowest BCUT2D eigenvalue weighted by atomic mass is 10.1. The van der Waals surface area contributed by atoms with E-state index in [1.807, 2.05) is 6.92 Å². The molecule has 0 aliphatic carbocycles. The molecule has 1 aromatic rings. The molecule has 0 saturated carbocycles. The minimum Gasteiger partial charge on any atom is -0.507 e. The number of carbonyl (C=O) groups is 1. The molecular formula is C12H17NO3. The number of phenolic OH excluding ortho intramolecular Hbond substituents is 1. The molecular weight excluding hydrogens is 206 g/mol. The van der Waals surface area contributed by atoms with Crippen LogP contribution in [0.15, 0.2) is 18.2 Å². The average Bonchev–Trinajstić information content (AvgIpc) is 2.24. The number of nitrogens with one attached hydrogen (secondary N) is 1. The molecule has 0 fully saturated rings. The molecule has 1 rings (SSSR count). The van der Waals surface area contributed by atoms with Crippen LogP contribution in [0, 0.1) is 6.92 Å². The Kier molecular flexibility index (Phi) is 4.79. The predicted octanol–water partition coefficient (Wildman–Crippen LogP) is 1.20. The first-order chi connectivity index (χ1) is 7.65. The molecule has 0 spiro atoms. The van der Waals surface area contributed by atoms with Crippen LogP contribution in [0.4, 0.5) is 0 Å². The van der Waals surface area contributed by atoms with E-state index in [4.69, 9.17) is 5.11 Å². The molecule has 4 nitrogen and oxygen atoms in total. The van der Waals surface area contributed by atoms with Crippen molar-refractivity contribution in [2.24, 2.45) is 0 Å². The molecule has 1 aromatic carbocycles. The van der Waals surface area contributed by atoms with Gasteiger partial charge in [0.05, 0.1) is 5.56 Å². The van der Waals surface area contributed by atoms with Gasteiger partial charge in [0.1, 0.15) is 5.75 Å². The molecule has 0 aromatic heterocycles. The summed E-state index contributed by atoms with van der Waals surface area (Å²) < 4.78 is 0. The van der Waals surface area contributed by atoms with Crippen molar-refractivity contribution in [2.75, 3.05) is 13.2 Å². The van der Waals surface area contributed by atoms with E-state index in [0.717, 1.165) is 12.0 Å². The van der Waals surface area contributed by atoms with E-state index >= 15 is 0 Å². The number of aromatic hydroxyl groups is 1. The molecule has 0 unspecified atom stereocenters. The molecule has 0 radical (unpaired) electrons. The summed E-state index contributed by atoms with van der Waals surface area (Å²) in [5.74, 6) is -0.282. The maximum Gasteiger partial charge on any atom is 0.255 e. The maximum absolute atomic E-state index is 11.6. The molecule has 88 valence electrons. The van der Waals surface area contributed by atoms with E-state index in [1.54, 1.807) is 18.2 Å². The smallest absolute Gasteiger partial charge is 0.255 e. The first-order valence-corrected chi connectivity index (χ1v) is 5.34. The highest BCUT2D eigenvalue weighted by molar-refractivity contribution is 5.96. The summed E-state index contributed by atoms with van der Waals surface area (Å²) in [6, 6.07) is 4.94. The van der Waals surface area contributed by atoms with Crippen LogP contribution in [0.3, 0.4) is 0 Å². The second-order valence-electron chi connectivity index (χ2n) is 3.71. The fraction of sp³-hybridized carbons (Fsp3) is 0.417. The summed E-state index contributed by atoms with van der Waals surface area (Å²) in [6.07, 6.45) is 1.40. The Labute approximate surface area is 94.9 Å². The van der Waals surface area contributed by atoms with Gasteiger partial charge in [0.2, 0.25) is 0 Å². The number of aryl methyl sites for hydroxylation is 1. The number of rotatable bonds is 5. The molecule has 0 aliphatic heterocycles. The monoisotopic (exact) mass is 223 g/mol. The number of unbranched alkanes of at least 4 members (excludes halogenated alkanes) is 1. The number of benzene rings is 1. The van der Waals surface area contributed by atoms with E-state index in [1.165, 1.54) is 0 Å². The number of phenols is 1. The van der Waals surface area contributed by atoms with Gasteiger partial charge in [-0.05, 0) is 37.5 Å². The second-order valence-corrected chi connectivity index (χ2v) is 3.71. The number of hydrogen-bond donors (Lipinski definition) is 3. The Morgan fingerprint density at radius 1 is 1.38 bits per heavy atom. The van der Waals surface area contributed by atoms with Crippen LogP contribution in [-0.4, -0.2) is 29.3 Å². The quantitative estimate of drug-likeness (QED) is 0.657. The van der Waals surface area contributed by atoms with E-state index < -0.39 is 0 Å². The zero-order valence-electron chi connectivity index (χ0n) is 9.36. The third-order valence-corrected chi connectivity index (χ3v) is 2.27. The summed E-state index contributed by atoms with van der Waals surface area (Å²) in [5.41, 5.74) is 1.20. The molecule has 0 heterocycles. The third-order valence-electron chi connectivity index (χ3n) is 2.27. The van der Waals surface area contributed by atoms with Gasteiger partial charge in [0.25, 0.3) is 5.91 Å². The molecule has 0 saturated heterocycles. The van der Waals surface area contributed by atoms with Gasteiger partial charge in [-0.3, -0.25) is 4.79 Å². The molecule has 0 atom stereocenters. The van der Waals surface area contributed by atoms with Crippen LogP contribution in [0.5, 0.6) is 5.75 Å². The van der Waals surface area contributed by atoms with Crippen molar-refractivity contribution < 1.29 is 15.0 Å².